The number of hydrogen-bond donors (Lipinski definition) is 0. The van der Waals surface area contributed by atoms with E-state index in [-0.39, 0.29) is 36.1 Å². The molecule has 0 bridgehead atoms. The molecule has 1 fully saturated rings. The van der Waals surface area contributed by atoms with E-state index in [4.69, 9.17) is 0 Å². The predicted octanol–water partition coefficient (Wildman–Crippen LogP) is 4.96. The van der Waals surface area contributed by atoms with Gasteiger partial charge in [0.1, 0.15) is 12.4 Å². The van der Waals surface area contributed by atoms with Crippen LogP contribution in [0.1, 0.15) is 54.1 Å². The molecule has 2 heterocycles. The van der Waals surface area contributed by atoms with Crippen molar-refractivity contribution in [3.63, 3.8) is 0 Å². The number of thiophene rings is 1. The molecule has 31 heavy (non-hydrogen) atoms. The molecule has 1 unspecified atom stereocenters. The first-order valence-corrected chi connectivity index (χ1v) is 12.0. The number of benzene rings is 1. The van der Waals surface area contributed by atoms with E-state index in [0.29, 0.717) is 13.1 Å². The Morgan fingerprint density at radius 2 is 1.90 bits per heavy atom. The van der Waals surface area contributed by atoms with Crippen molar-refractivity contribution in [2.24, 2.45) is 5.92 Å². The summed E-state index contributed by atoms with van der Waals surface area (Å²) in [5.74, 6) is -0.283. The standard InChI is InChI=1S/C25H29FN2O2S/c1-2-14-27(25(30)19-6-4-3-5-7-19)17-23(29)28-15-12-22-21(13-16-31-22)24(28)18-8-10-20(26)11-9-18/h2,8-11,13,16,19,24H,1,3-7,12,14-15,17H2. The third-order valence-corrected chi connectivity index (χ3v) is 7.41. The lowest BCUT2D eigenvalue weighted by Crippen LogP contribution is -2.48. The average Bonchev–Trinajstić information content (AvgIpc) is 3.28. The van der Waals surface area contributed by atoms with E-state index in [0.717, 1.165) is 43.2 Å². The highest BCUT2D eigenvalue weighted by atomic mass is 32.1. The molecule has 1 saturated carbocycles. The van der Waals surface area contributed by atoms with Gasteiger partial charge in [-0.1, -0.05) is 37.5 Å². The van der Waals surface area contributed by atoms with Crippen LogP contribution in [0.3, 0.4) is 0 Å². The van der Waals surface area contributed by atoms with Gasteiger partial charge < -0.3 is 9.80 Å². The van der Waals surface area contributed by atoms with Crippen LogP contribution in [0.25, 0.3) is 0 Å². The van der Waals surface area contributed by atoms with Crippen LogP contribution in [0, 0.1) is 11.7 Å². The number of halogens is 1. The molecule has 1 aromatic heterocycles. The van der Waals surface area contributed by atoms with Crippen LogP contribution < -0.4 is 0 Å². The highest BCUT2D eigenvalue weighted by molar-refractivity contribution is 7.10. The maximum absolute atomic E-state index is 13.5. The number of nitrogens with zero attached hydrogens (tertiary/aromatic N) is 2. The summed E-state index contributed by atoms with van der Waals surface area (Å²) in [5, 5.41) is 2.05. The summed E-state index contributed by atoms with van der Waals surface area (Å²) in [6.45, 7) is 4.81. The van der Waals surface area contributed by atoms with Gasteiger partial charge in [0, 0.05) is 23.9 Å². The van der Waals surface area contributed by atoms with Crippen LogP contribution in [0.2, 0.25) is 0 Å². The maximum atomic E-state index is 13.5. The number of rotatable bonds is 6. The van der Waals surface area contributed by atoms with Gasteiger partial charge in [-0.3, -0.25) is 9.59 Å². The van der Waals surface area contributed by atoms with Gasteiger partial charge >= 0.3 is 0 Å². The van der Waals surface area contributed by atoms with E-state index in [1.165, 1.54) is 23.4 Å². The van der Waals surface area contributed by atoms with Gasteiger partial charge in [-0.05, 0) is 54.0 Å². The molecule has 0 spiro atoms. The molecule has 164 valence electrons. The number of carbonyl (C=O) groups is 2. The second-order valence-corrected chi connectivity index (χ2v) is 9.43. The molecule has 0 N–H and O–H groups in total. The molecule has 1 aromatic carbocycles. The monoisotopic (exact) mass is 440 g/mol. The minimum absolute atomic E-state index is 0.0132. The zero-order valence-electron chi connectivity index (χ0n) is 17.8. The average molecular weight is 441 g/mol. The van der Waals surface area contributed by atoms with Gasteiger partial charge in [-0.25, -0.2) is 4.39 Å². The van der Waals surface area contributed by atoms with Crippen LogP contribution >= 0.6 is 11.3 Å². The van der Waals surface area contributed by atoms with Gasteiger partial charge in [-0.15, -0.1) is 17.9 Å². The molecule has 2 aromatic rings. The van der Waals surface area contributed by atoms with Crippen molar-refractivity contribution in [3.8, 4) is 0 Å². The molecular weight excluding hydrogens is 411 g/mol. The normalized spacial score (nSPS) is 19.0. The lowest BCUT2D eigenvalue weighted by Gasteiger charge is -2.38. The Hall–Kier alpha value is -2.47. The van der Waals surface area contributed by atoms with E-state index < -0.39 is 0 Å². The van der Waals surface area contributed by atoms with Crippen molar-refractivity contribution in [1.29, 1.82) is 0 Å². The summed E-state index contributed by atoms with van der Waals surface area (Å²) in [4.78, 5) is 31.4. The Kier molecular flexibility index (Phi) is 6.86. The zero-order chi connectivity index (χ0) is 21.8. The predicted molar refractivity (Wildman–Crippen MR) is 121 cm³/mol. The molecule has 1 aliphatic carbocycles. The third-order valence-electron chi connectivity index (χ3n) is 6.41. The topological polar surface area (TPSA) is 40.6 Å². The second-order valence-electron chi connectivity index (χ2n) is 8.43. The van der Waals surface area contributed by atoms with E-state index in [1.807, 2.05) is 10.3 Å². The van der Waals surface area contributed by atoms with Gasteiger partial charge in [-0.2, -0.15) is 0 Å². The summed E-state index contributed by atoms with van der Waals surface area (Å²) < 4.78 is 13.5. The quantitative estimate of drug-likeness (QED) is 0.596. The van der Waals surface area contributed by atoms with Crippen LogP contribution in [-0.4, -0.2) is 41.2 Å². The second kappa shape index (κ2) is 9.77. The van der Waals surface area contributed by atoms with E-state index in [9.17, 15) is 14.0 Å². The molecule has 4 rings (SSSR count). The molecule has 1 atom stereocenters. The highest BCUT2D eigenvalue weighted by Crippen LogP contribution is 2.38. The van der Waals surface area contributed by atoms with E-state index in [2.05, 4.69) is 12.6 Å². The Labute approximate surface area is 187 Å². The number of fused-ring (bicyclic) bond motifs is 1. The van der Waals surface area contributed by atoms with Crippen molar-refractivity contribution in [3.05, 3.63) is 70.2 Å². The lowest BCUT2D eigenvalue weighted by molar-refractivity contribution is -0.144. The fourth-order valence-electron chi connectivity index (χ4n) is 4.84. The SMILES string of the molecule is C=CCN(CC(=O)N1CCc2sccc2C1c1ccc(F)cc1)C(=O)C1CCCCC1. The first-order valence-electron chi connectivity index (χ1n) is 11.1. The summed E-state index contributed by atoms with van der Waals surface area (Å²) in [5.41, 5.74) is 1.99. The smallest absolute Gasteiger partial charge is 0.243 e. The zero-order valence-corrected chi connectivity index (χ0v) is 18.6. The van der Waals surface area contributed by atoms with Crippen molar-refractivity contribution in [2.45, 2.75) is 44.6 Å². The van der Waals surface area contributed by atoms with Crippen LogP contribution in [0.4, 0.5) is 4.39 Å². The summed E-state index contributed by atoms with van der Waals surface area (Å²) in [6, 6.07) is 8.19. The first kappa shape index (κ1) is 21.8. The summed E-state index contributed by atoms with van der Waals surface area (Å²) in [7, 11) is 0. The molecule has 2 aliphatic rings. The minimum atomic E-state index is -0.293. The maximum Gasteiger partial charge on any atom is 0.243 e. The molecule has 4 nitrogen and oxygen atoms in total. The van der Waals surface area contributed by atoms with E-state index >= 15 is 0 Å². The lowest BCUT2D eigenvalue weighted by atomic mass is 9.88. The fraction of sp³-hybridized carbons (Fsp3) is 0.440. The first-order chi connectivity index (χ1) is 15.1. The Morgan fingerprint density at radius 1 is 1.16 bits per heavy atom. The molecular formula is C25H29FN2O2S. The Balaban J connectivity index is 1.57. The van der Waals surface area contributed by atoms with Gasteiger partial charge in [0.15, 0.2) is 0 Å². The van der Waals surface area contributed by atoms with Gasteiger partial charge in [0.05, 0.1) is 6.04 Å². The van der Waals surface area contributed by atoms with Crippen LogP contribution in [-0.2, 0) is 16.0 Å². The molecule has 0 radical (unpaired) electrons. The number of hydrogen-bond acceptors (Lipinski definition) is 3. The van der Waals surface area contributed by atoms with Crippen molar-refractivity contribution in [1.82, 2.24) is 9.80 Å². The largest absolute Gasteiger partial charge is 0.330 e. The minimum Gasteiger partial charge on any atom is -0.330 e. The molecule has 6 heteroatoms. The van der Waals surface area contributed by atoms with Crippen molar-refractivity contribution < 1.29 is 14.0 Å². The highest BCUT2D eigenvalue weighted by Gasteiger charge is 2.35. The molecule has 1 aliphatic heterocycles. The molecule has 2 amide bonds. The van der Waals surface area contributed by atoms with E-state index in [1.54, 1.807) is 34.4 Å². The fourth-order valence-corrected chi connectivity index (χ4v) is 5.74. The third kappa shape index (κ3) is 4.74. The van der Waals surface area contributed by atoms with Crippen molar-refractivity contribution >= 4 is 23.2 Å². The summed E-state index contributed by atoms with van der Waals surface area (Å²) in [6.07, 6.45) is 7.63. The van der Waals surface area contributed by atoms with Crippen LogP contribution in [0.5, 0.6) is 0 Å². The number of amides is 2. The molecule has 0 saturated heterocycles. The van der Waals surface area contributed by atoms with Gasteiger partial charge in [0.2, 0.25) is 11.8 Å². The van der Waals surface area contributed by atoms with Crippen molar-refractivity contribution in [2.75, 3.05) is 19.6 Å². The Morgan fingerprint density at radius 3 is 2.61 bits per heavy atom. The summed E-state index contributed by atoms with van der Waals surface area (Å²) >= 11 is 1.70. The number of carbonyl (C=O) groups excluding carboxylic acids is 2. The Bertz CT molecular complexity index is 933. The van der Waals surface area contributed by atoms with Gasteiger partial charge in [0.25, 0.3) is 0 Å². The van der Waals surface area contributed by atoms with Crippen LogP contribution in [0.15, 0.2) is 48.4 Å².